The Morgan fingerprint density at radius 1 is 1.33 bits per heavy atom. The quantitative estimate of drug-likeness (QED) is 0.758. The van der Waals surface area contributed by atoms with Gasteiger partial charge in [-0.15, -0.1) is 9.42 Å². The van der Waals surface area contributed by atoms with Crippen molar-refractivity contribution in [1.29, 1.82) is 0 Å². The number of rotatable bonds is 4. The molecule has 0 aliphatic heterocycles. The average Bonchev–Trinajstić information content (AvgIpc) is 2.16. The molecule has 1 N–H and O–H groups in total. The summed E-state index contributed by atoms with van der Waals surface area (Å²) in [5.74, 6) is -0.0386. The molecule has 5 heteroatoms. The van der Waals surface area contributed by atoms with E-state index in [0.717, 1.165) is 25.7 Å². The van der Waals surface area contributed by atoms with Crippen molar-refractivity contribution in [1.82, 2.24) is 0 Å². The summed E-state index contributed by atoms with van der Waals surface area (Å²) in [6.45, 7) is 3.13. The maximum Gasteiger partial charge on any atom is 0.695 e. The molecule has 1 saturated carbocycles. The fraction of sp³-hybridized carbons (Fsp3) is 0.900. The van der Waals surface area contributed by atoms with Crippen molar-refractivity contribution in [3.63, 3.8) is 0 Å². The van der Waals surface area contributed by atoms with Gasteiger partial charge in [-0.05, 0) is 26.7 Å². The van der Waals surface area contributed by atoms with Crippen LogP contribution < -0.4 is 0 Å². The third-order valence-corrected chi connectivity index (χ3v) is 3.49. The van der Waals surface area contributed by atoms with Crippen molar-refractivity contribution < 1.29 is 18.8 Å². The topological polar surface area (TPSA) is 63.6 Å². The third kappa shape index (κ3) is 3.63. The van der Waals surface area contributed by atoms with E-state index in [-0.39, 0.29) is 11.7 Å². The van der Waals surface area contributed by atoms with E-state index in [4.69, 9.17) is 9.42 Å². The number of Topliss-reactive ketones (excluding diaryl/α,β-unsaturated/α-hetero) is 1. The Morgan fingerprint density at radius 3 is 2.33 bits per heavy atom. The lowest BCUT2D eigenvalue weighted by Crippen LogP contribution is -2.38. The van der Waals surface area contributed by atoms with Crippen LogP contribution in [0.1, 0.15) is 46.0 Å². The van der Waals surface area contributed by atoms with Gasteiger partial charge in [0.1, 0.15) is 0 Å². The van der Waals surface area contributed by atoms with Crippen LogP contribution in [0.2, 0.25) is 0 Å². The summed E-state index contributed by atoms with van der Waals surface area (Å²) in [6.07, 6.45) is 5.08. The zero-order chi connectivity index (χ0) is 11.5. The maximum atomic E-state index is 12.0. The first-order valence-electron chi connectivity index (χ1n) is 5.33. The van der Waals surface area contributed by atoms with Gasteiger partial charge in [-0.25, -0.2) is 0 Å². The molecular formula is C10H18O4P+. The Balaban J connectivity index is 2.60. The maximum absolute atomic E-state index is 12.0. The lowest BCUT2D eigenvalue weighted by Gasteiger charge is -2.25. The summed E-state index contributed by atoms with van der Waals surface area (Å²) in [5.41, 5.74) is -1.13. The Hall–Kier alpha value is -0.310. The molecule has 0 bridgehead atoms. The molecule has 1 aliphatic rings. The number of hydrogen-bond acceptors (Lipinski definition) is 3. The minimum Gasteiger partial charge on any atom is -0.296 e. The van der Waals surface area contributed by atoms with E-state index in [2.05, 4.69) is 0 Å². The van der Waals surface area contributed by atoms with Crippen molar-refractivity contribution in [2.24, 2.45) is 5.92 Å². The summed E-state index contributed by atoms with van der Waals surface area (Å²) in [4.78, 5) is 20.7. The molecular weight excluding hydrogens is 215 g/mol. The molecule has 1 unspecified atom stereocenters. The summed E-state index contributed by atoms with van der Waals surface area (Å²) in [7, 11) is -2.71. The van der Waals surface area contributed by atoms with Crippen LogP contribution in [-0.4, -0.2) is 16.3 Å². The highest BCUT2D eigenvalue weighted by atomic mass is 31.1. The van der Waals surface area contributed by atoms with E-state index in [1.807, 2.05) is 0 Å². The molecule has 0 amide bonds. The fourth-order valence-electron chi connectivity index (χ4n) is 2.10. The highest BCUT2D eigenvalue weighted by molar-refractivity contribution is 7.32. The molecule has 86 valence electrons. The molecule has 0 aromatic rings. The summed E-state index contributed by atoms with van der Waals surface area (Å²) >= 11 is 0. The molecule has 1 rings (SSSR count). The lowest BCUT2D eigenvalue weighted by atomic mass is 9.81. The second kappa shape index (κ2) is 5.15. The monoisotopic (exact) mass is 233 g/mol. The van der Waals surface area contributed by atoms with Crippen LogP contribution in [-0.2, 0) is 13.9 Å². The van der Waals surface area contributed by atoms with Crippen LogP contribution in [0.5, 0.6) is 0 Å². The second-order valence-electron chi connectivity index (χ2n) is 4.54. The highest BCUT2D eigenvalue weighted by Gasteiger charge is 2.41. The van der Waals surface area contributed by atoms with Gasteiger partial charge >= 0.3 is 8.25 Å². The van der Waals surface area contributed by atoms with Gasteiger partial charge in [0, 0.05) is 10.5 Å². The van der Waals surface area contributed by atoms with Gasteiger partial charge in [0.2, 0.25) is 0 Å². The van der Waals surface area contributed by atoms with E-state index < -0.39 is 13.9 Å². The van der Waals surface area contributed by atoms with Crippen LogP contribution in [0.4, 0.5) is 0 Å². The Kier molecular flexibility index (Phi) is 4.38. The van der Waals surface area contributed by atoms with Crippen molar-refractivity contribution in [2.75, 3.05) is 0 Å². The van der Waals surface area contributed by atoms with Crippen molar-refractivity contribution in [3.05, 3.63) is 0 Å². The number of ketones is 1. The fourth-order valence-corrected chi connectivity index (χ4v) is 2.58. The first-order valence-corrected chi connectivity index (χ1v) is 6.46. The molecule has 0 aromatic carbocycles. The molecule has 0 radical (unpaired) electrons. The predicted octanol–water partition coefficient (Wildman–Crippen LogP) is 2.58. The average molecular weight is 233 g/mol. The first-order chi connectivity index (χ1) is 6.93. The number of carbonyl (C=O) groups excluding carboxylic acids is 1. The molecule has 0 heterocycles. The van der Waals surface area contributed by atoms with Gasteiger partial charge in [0.25, 0.3) is 0 Å². The van der Waals surface area contributed by atoms with Crippen molar-refractivity contribution in [2.45, 2.75) is 51.6 Å². The molecule has 15 heavy (non-hydrogen) atoms. The van der Waals surface area contributed by atoms with E-state index in [1.54, 1.807) is 13.8 Å². The van der Waals surface area contributed by atoms with Crippen LogP contribution in [0.25, 0.3) is 0 Å². The smallest absolute Gasteiger partial charge is 0.296 e. The predicted molar refractivity (Wildman–Crippen MR) is 56.6 cm³/mol. The zero-order valence-corrected chi connectivity index (χ0v) is 10.1. The van der Waals surface area contributed by atoms with Gasteiger partial charge < -0.3 is 0 Å². The van der Waals surface area contributed by atoms with Crippen molar-refractivity contribution >= 4 is 14.0 Å². The van der Waals surface area contributed by atoms with Gasteiger partial charge in [-0.3, -0.25) is 4.79 Å². The SMILES string of the molecule is CC(C)(O[P+](=O)O)C(=O)C1CCCCC1. The molecule has 0 spiro atoms. The van der Waals surface area contributed by atoms with E-state index in [9.17, 15) is 9.36 Å². The molecule has 1 fully saturated rings. The first kappa shape index (κ1) is 12.8. The summed E-state index contributed by atoms with van der Waals surface area (Å²) in [5, 5.41) is 0. The third-order valence-electron chi connectivity index (χ3n) is 2.88. The number of carbonyl (C=O) groups is 1. The van der Waals surface area contributed by atoms with Crippen molar-refractivity contribution in [3.8, 4) is 0 Å². The Morgan fingerprint density at radius 2 is 1.87 bits per heavy atom. The Bertz CT molecular complexity index is 256. The van der Waals surface area contributed by atoms with E-state index >= 15 is 0 Å². The van der Waals surface area contributed by atoms with Crippen LogP contribution >= 0.6 is 8.25 Å². The van der Waals surface area contributed by atoms with E-state index in [0.29, 0.717) is 0 Å². The summed E-state index contributed by atoms with van der Waals surface area (Å²) < 4.78 is 15.3. The molecule has 4 nitrogen and oxygen atoms in total. The van der Waals surface area contributed by atoms with Crippen LogP contribution in [0.3, 0.4) is 0 Å². The van der Waals surface area contributed by atoms with E-state index in [1.165, 1.54) is 6.42 Å². The molecule has 1 atom stereocenters. The van der Waals surface area contributed by atoms with Crippen LogP contribution in [0.15, 0.2) is 0 Å². The Labute approximate surface area is 91.0 Å². The minimum absolute atomic E-state index is 0.00343. The normalized spacial score (nSPS) is 20.1. The molecule has 0 aromatic heterocycles. The second-order valence-corrected chi connectivity index (χ2v) is 5.20. The standard InChI is InChI=1S/C10H17O4P/c1-10(2,14-15(12)13)9(11)8-6-4-3-5-7-8/h8H,3-7H2,1-2H3/p+1. The highest BCUT2D eigenvalue weighted by Crippen LogP contribution is 2.33. The van der Waals surface area contributed by atoms with Gasteiger partial charge in [-0.1, -0.05) is 19.3 Å². The number of hydrogen-bond donors (Lipinski definition) is 1. The van der Waals surface area contributed by atoms with Crippen LogP contribution in [0, 0.1) is 5.92 Å². The summed E-state index contributed by atoms with van der Waals surface area (Å²) in [6, 6.07) is 0. The zero-order valence-electron chi connectivity index (χ0n) is 9.23. The van der Waals surface area contributed by atoms with Gasteiger partial charge in [0.05, 0.1) is 0 Å². The molecule has 0 saturated heterocycles. The minimum atomic E-state index is -2.71. The largest absolute Gasteiger partial charge is 0.695 e. The lowest BCUT2D eigenvalue weighted by molar-refractivity contribution is -0.137. The van der Waals surface area contributed by atoms with Gasteiger partial charge in [-0.2, -0.15) is 0 Å². The van der Waals surface area contributed by atoms with Gasteiger partial charge in [0.15, 0.2) is 11.4 Å². The molecule has 1 aliphatic carbocycles.